The SMILES string of the molecule is CC1C/C(=C/Nc2nc3ccccc3s2)C(=O)O1. The number of carbonyl (C=O) groups is 1. The van der Waals surface area contributed by atoms with Crippen molar-refractivity contribution in [1.82, 2.24) is 4.98 Å². The maximum absolute atomic E-state index is 11.4. The molecule has 0 amide bonds. The Morgan fingerprint density at radius 2 is 2.33 bits per heavy atom. The number of benzene rings is 1. The zero-order valence-corrected chi connectivity index (χ0v) is 10.7. The van der Waals surface area contributed by atoms with Gasteiger partial charge in [-0.15, -0.1) is 0 Å². The topological polar surface area (TPSA) is 51.2 Å². The molecule has 1 aromatic carbocycles. The van der Waals surface area contributed by atoms with E-state index in [2.05, 4.69) is 10.3 Å². The van der Waals surface area contributed by atoms with Crippen molar-refractivity contribution in [3.8, 4) is 0 Å². The second kappa shape index (κ2) is 4.42. The zero-order valence-electron chi connectivity index (χ0n) is 9.84. The van der Waals surface area contributed by atoms with Gasteiger partial charge >= 0.3 is 5.97 Å². The maximum atomic E-state index is 11.4. The van der Waals surface area contributed by atoms with Gasteiger partial charge in [0.2, 0.25) is 0 Å². The number of nitrogens with zero attached hydrogens (tertiary/aromatic N) is 1. The Bertz CT molecular complexity index is 600. The monoisotopic (exact) mass is 260 g/mol. The smallest absolute Gasteiger partial charge is 0.335 e. The van der Waals surface area contributed by atoms with Crippen molar-refractivity contribution in [2.45, 2.75) is 19.4 Å². The molecule has 18 heavy (non-hydrogen) atoms. The first-order chi connectivity index (χ1) is 8.72. The lowest BCUT2D eigenvalue weighted by molar-refractivity contribution is -0.138. The number of carbonyl (C=O) groups excluding carboxylic acids is 1. The minimum atomic E-state index is -0.240. The molecule has 1 unspecified atom stereocenters. The van der Waals surface area contributed by atoms with Gasteiger partial charge in [-0.1, -0.05) is 23.5 Å². The number of aromatic nitrogens is 1. The molecule has 0 radical (unpaired) electrons. The highest BCUT2D eigenvalue weighted by atomic mass is 32.1. The van der Waals surface area contributed by atoms with E-state index in [0.717, 1.165) is 15.3 Å². The van der Waals surface area contributed by atoms with Gasteiger partial charge in [-0.05, 0) is 19.1 Å². The molecule has 1 atom stereocenters. The van der Waals surface area contributed by atoms with Crippen LogP contribution in [0.15, 0.2) is 36.0 Å². The largest absolute Gasteiger partial charge is 0.459 e. The third kappa shape index (κ3) is 2.09. The molecular weight excluding hydrogens is 248 g/mol. The first kappa shape index (κ1) is 11.2. The van der Waals surface area contributed by atoms with Crippen LogP contribution >= 0.6 is 11.3 Å². The number of hydrogen-bond acceptors (Lipinski definition) is 5. The molecule has 2 heterocycles. The molecule has 1 aliphatic heterocycles. The molecule has 5 heteroatoms. The number of fused-ring (bicyclic) bond motifs is 1. The van der Waals surface area contributed by atoms with E-state index >= 15 is 0 Å². The van der Waals surface area contributed by atoms with Crippen molar-refractivity contribution in [3.05, 3.63) is 36.0 Å². The van der Waals surface area contributed by atoms with Gasteiger partial charge in [0.25, 0.3) is 0 Å². The van der Waals surface area contributed by atoms with Crippen LogP contribution in [0.2, 0.25) is 0 Å². The van der Waals surface area contributed by atoms with E-state index in [1.807, 2.05) is 31.2 Å². The minimum absolute atomic E-state index is 0.0269. The molecule has 2 aromatic rings. The Hall–Kier alpha value is -1.88. The molecule has 1 aromatic heterocycles. The van der Waals surface area contributed by atoms with Gasteiger partial charge in [0.1, 0.15) is 6.10 Å². The van der Waals surface area contributed by atoms with Gasteiger partial charge in [-0.2, -0.15) is 0 Å². The van der Waals surface area contributed by atoms with Crippen molar-refractivity contribution in [2.75, 3.05) is 5.32 Å². The van der Waals surface area contributed by atoms with Gasteiger partial charge in [0.15, 0.2) is 5.13 Å². The summed E-state index contributed by atoms with van der Waals surface area (Å²) in [6.07, 6.45) is 2.32. The summed E-state index contributed by atoms with van der Waals surface area (Å²) in [6, 6.07) is 7.94. The standard InChI is InChI=1S/C13H12N2O2S/c1-8-6-9(12(16)17-8)7-14-13-15-10-4-2-3-5-11(10)18-13/h2-5,7-8H,6H2,1H3,(H,14,15)/b9-7-. The van der Waals surface area contributed by atoms with Crippen molar-refractivity contribution < 1.29 is 9.53 Å². The highest BCUT2D eigenvalue weighted by Gasteiger charge is 2.25. The Morgan fingerprint density at radius 1 is 1.50 bits per heavy atom. The van der Waals surface area contributed by atoms with Gasteiger partial charge in [-0.3, -0.25) is 0 Å². The predicted molar refractivity (Wildman–Crippen MR) is 71.5 cm³/mol. The molecule has 1 aliphatic rings. The molecule has 1 fully saturated rings. The van der Waals surface area contributed by atoms with Crippen LogP contribution in [0.25, 0.3) is 10.2 Å². The average Bonchev–Trinajstić information content (AvgIpc) is 2.89. The molecule has 4 nitrogen and oxygen atoms in total. The second-order valence-corrected chi connectivity index (χ2v) is 5.25. The Morgan fingerprint density at radius 3 is 3.06 bits per heavy atom. The summed E-state index contributed by atoms with van der Waals surface area (Å²) in [6.45, 7) is 1.89. The zero-order chi connectivity index (χ0) is 12.5. The fraction of sp³-hybridized carbons (Fsp3) is 0.231. The number of ether oxygens (including phenoxy) is 1. The van der Waals surface area contributed by atoms with E-state index in [-0.39, 0.29) is 12.1 Å². The Kier molecular flexibility index (Phi) is 2.76. The quantitative estimate of drug-likeness (QED) is 0.666. The molecule has 1 N–H and O–H groups in total. The predicted octanol–water partition coefficient (Wildman–Crippen LogP) is 2.93. The number of esters is 1. The molecule has 92 valence electrons. The number of rotatable bonds is 2. The van der Waals surface area contributed by atoms with E-state index < -0.39 is 0 Å². The van der Waals surface area contributed by atoms with Crippen LogP contribution < -0.4 is 5.32 Å². The second-order valence-electron chi connectivity index (χ2n) is 4.22. The van der Waals surface area contributed by atoms with Crippen LogP contribution in [0.3, 0.4) is 0 Å². The lowest BCUT2D eigenvalue weighted by atomic mass is 10.2. The first-order valence-corrected chi connectivity index (χ1v) is 6.56. The number of thiazole rings is 1. The molecule has 0 bridgehead atoms. The molecule has 0 saturated carbocycles. The van der Waals surface area contributed by atoms with Gasteiger partial charge in [0.05, 0.1) is 15.8 Å². The summed E-state index contributed by atoms with van der Waals surface area (Å²) in [5, 5.41) is 3.86. The third-order valence-electron chi connectivity index (χ3n) is 2.74. The van der Waals surface area contributed by atoms with E-state index in [0.29, 0.717) is 12.0 Å². The highest BCUT2D eigenvalue weighted by molar-refractivity contribution is 7.22. The Balaban J connectivity index is 1.80. The first-order valence-electron chi connectivity index (χ1n) is 5.74. The summed E-state index contributed by atoms with van der Waals surface area (Å²) in [7, 11) is 0. The van der Waals surface area contributed by atoms with Gasteiger partial charge in [-0.25, -0.2) is 9.78 Å². The number of nitrogens with one attached hydrogen (secondary N) is 1. The number of anilines is 1. The molecule has 0 spiro atoms. The maximum Gasteiger partial charge on any atom is 0.335 e. The molecular formula is C13H12N2O2S. The normalized spacial score (nSPS) is 21.5. The van der Waals surface area contributed by atoms with Crippen molar-refractivity contribution in [3.63, 3.8) is 0 Å². The van der Waals surface area contributed by atoms with Crippen molar-refractivity contribution in [1.29, 1.82) is 0 Å². The summed E-state index contributed by atoms with van der Waals surface area (Å²) < 4.78 is 6.18. The van der Waals surface area contributed by atoms with E-state index in [4.69, 9.17) is 4.74 Å². The summed E-state index contributed by atoms with van der Waals surface area (Å²) in [5.74, 6) is -0.240. The molecule has 0 aliphatic carbocycles. The molecule has 1 saturated heterocycles. The average molecular weight is 260 g/mol. The summed E-state index contributed by atoms with van der Waals surface area (Å²) >= 11 is 1.56. The van der Waals surface area contributed by atoms with Crippen molar-refractivity contribution in [2.24, 2.45) is 0 Å². The lowest BCUT2D eigenvalue weighted by Crippen LogP contribution is -2.00. The Labute approximate surface area is 108 Å². The van der Waals surface area contributed by atoms with Crippen LogP contribution in [0.4, 0.5) is 5.13 Å². The van der Waals surface area contributed by atoms with Crippen LogP contribution in [0.1, 0.15) is 13.3 Å². The lowest BCUT2D eigenvalue weighted by Gasteiger charge is -1.94. The highest BCUT2D eigenvalue weighted by Crippen LogP contribution is 2.26. The molecule has 3 rings (SSSR count). The van der Waals surface area contributed by atoms with E-state index in [1.165, 1.54) is 0 Å². The number of hydrogen-bond donors (Lipinski definition) is 1. The van der Waals surface area contributed by atoms with Crippen LogP contribution in [-0.4, -0.2) is 17.1 Å². The van der Waals surface area contributed by atoms with Crippen molar-refractivity contribution >= 4 is 32.7 Å². The van der Waals surface area contributed by atoms with Crippen LogP contribution in [-0.2, 0) is 9.53 Å². The van der Waals surface area contributed by atoms with E-state index in [1.54, 1.807) is 17.5 Å². The third-order valence-corrected chi connectivity index (χ3v) is 3.71. The summed E-state index contributed by atoms with van der Waals surface area (Å²) in [5.41, 5.74) is 1.63. The summed E-state index contributed by atoms with van der Waals surface area (Å²) in [4.78, 5) is 15.9. The van der Waals surface area contributed by atoms with E-state index in [9.17, 15) is 4.79 Å². The fourth-order valence-corrected chi connectivity index (χ4v) is 2.73. The fourth-order valence-electron chi connectivity index (χ4n) is 1.89. The number of cyclic esters (lactones) is 1. The van der Waals surface area contributed by atoms with Crippen LogP contribution in [0.5, 0.6) is 0 Å². The van der Waals surface area contributed by atoms with Gasteiger partial charge in [0, 0.05) is 12.6 Å². The number of para-hydroxylation sites is 1. The van der Waals surface area contributed by atoms with Gasteiger partial charge < -0.3 is 10.1 Å². The van der Waals surface area contributed by atoms with Crippen LogP contribution in [0, 0.1) is 0 Å². The minimum Gasteiger partial charge on any atom is -0.459 e.